The fourth-order valence-electron chi connectivity index (χ4n) is 4.09. The smallest absolute Gasteiger partial charge is 0.244 e. The number of nitrogens with one attached hydrogen (secondary N) is 1. The lowest BCUT2D eigenvalue weighted by Crippen LogP contribution is -2.52. The number of nitrogens with zero attached hydrogens (tertiary/aromatic N) is 2. The topological polar surface area (TPSA) is 105 Å². The molecule has 0 aliphatic carbocycles. The normalized spacial score (nSPS) is 13.6. The Morgan fingerprint density at radius 2 is 1.72 bits per heavy atom. The monoisotopic (exact) mass is 517 g/mol. The van der Waals surface area contributed by atoms with Crippen LogP contribution in [0.25, 0.3) is 0 Å². The second-order valence-corrected chi connectivity index (χ2v) is 10.7. The number of amides is 2. The largest absolute Gasteiger partial charge is 0.486 e. The number of benzene rings is 2. The molecule has 0 aromatic heterocycles. The van der Waals surface area contributed by atoms with E-state index >= 15 is 0 Å². The Bertz CT molecular complexity index is 1180. The molecule has 1 aliphatic heterocycles. The number of rotatable bonds is 11. The van der Waals surface area contributed by atoms with E-state index in [0.717, 1.165) is 15.4 Å². The van der Waals surface area contributed by atoms with Crippen LogP contribution in [0.1, 0.15) is 38.3 Å². The Balaban J connectivity index is 1.99. The second kappa shape index (κ2) is 12.1. The molecule has 1 aliphatic rings. The molecule has 3 rings (SSSR count). The van der Waals surface area contributed by atoms with E-state index in [2.05, 4.69) is 5.32 Å². The summed E-state index contributed by atoms with van der Waals surface area (Å²) in [6, 6.07) is 11.7. The van der Waals surface area contributed by atoms with Crippen LogP contribution in [0.3, 0.4) is 0 Å². The molecule has 9 nitrogen and oxygen atoms in total. The fraction of sp³-hybridized carbons (Fsp3) is 0.462. The van der Waals surface area contributed by atoms with Gasteiger partial charge in [-0.3, -0.25) is 13.9 Å². The van der Waals surface area contributed by atoms with Gasteiger partial charge in [0, 0.05) is 19.2 Å². The molecule has 0 radical (unpaired) electrons. The minimum absolute atomic E-state index is 0.183. The van der Waals surface area contributed by atoms with Gasteiger partial charge in [-0.1, -0.05) is 31.2 Å². The van der Waals surface area contributed by atoms with Crippen molar-refractivity contribution in [1.82, 2.24) is 10.2 Å². The quantitative estimate of drug-likeness (QED) is 0.492. The van der Waals surface area contributed by atoms with Crippen LogP contribution in [0.5, 0.6) is 11.5 Å². The Hall–Kier alpha value is -3.27. The minimum atomic E-state index is -3.82. The SMILES string of the molecule is CCNC(=O)[C@H](CC)N(Cc1ccccc1C)C(=O)CN(c1ccc2c(c1)OCCO2)S(=O)(=O)CC. The Morgan fingerprint density at radius 3 is 2.36 bits per heavy atom. The highest BCUT2D eigenvalue weighted by Gasteiger charge is 2.33. The van der Waals surface area contributed by atoms with Gasteiger partial charge in [-0.05, 0) is 50.5 Å². The Labute approximate surface area is 213 Å². The van der Waals surface area contributed by atoms with Crippen LogP contribution in [0.4, 0.5) is 5.69 Å². The molecule has 0 saturated carbocycles. The Kier molecular flexibility index (Phi) is 9.19. The molecule has 1 N–H and O–H groups in total. The molecule has 36 heavy (non-hydrogen) atoms. The molecule has 0 spiro atoms. The van der Waals surface area contributed by atoms with Crippen molar-refractivity contribution in [2.75, 3.05) is 36.4 Å². The van der Waals surface area contributed by atoms with Crippen LogP contribution in [0, 0.1) is 6.92 Å². The zero-order chi connectivity index (χ0) is 26.3. The fourth-order valence-corrected chi connectivity index (χ4v) is 5.14. The summed E-state index contributed by atoms with van der Waals surface area (Å²) in [6.07, 6.45) is 0.383. The zero-order valence-corrected chi connectivity index (χ0v) is 22.1. The van der Waals surface area contributed by atoms with Gasteiger partial charge in [0.2, 0.25) is 21.8 Å². The van der Waals surface area contributed by atoms with Crippen LogP contribution < -0.4 is 19.1 Å². The predicted molar refractivity (Wildman–Crippen MR) is 139 cm³/mol. The second-order valence-electron chi connectivity index (χ2n) is 8.50. The summed E-state index contributed by atoms with van der Waals surface area (Å²) in [5.74, 6) is 0.0103. The highest BCUT2D eigenvalue weighted by atomic mass is 32.2. The van der Waals surface area contributed by atoms with Crippen molar-refractivity contribution >= 4 is 27.5 Å². The van der Waals surface area contributed by atoms with Crippen molar-refractivity contribution in [1.29, 1.82) is 0 Å². The van der Waals surface area contributed by atoms with E-state index in [0.29, 0.717) is 43.4 Å². The number of carbonyl (C=O) groups excluding carboxylic acids is 2. The lowest BCUT2D eigenvalue weighted by Gasteiger charge is -2.33. The minimum Gasteiger partial charge on any atom is -0.486 e. The first-order valence-electron chi connectivity index (χ1n) is 12.2. The summed E-state index contributed by atoms with van der Waals surface area (Å²) >= 11 is 0. The van der Waals surface area contributed by atoms with E-state index in [-0.39, 0.29) is 18.2 Å². The third-order valence-corrected chi connectivity index (χ3v) is 7.87. The number of hydrogen-bond donors (Lipinski definition) is 1. The number of sulfonamides is 1. The summed E-state index contributed by atoms with van der Waals surface area (Å²) < 4.78 is 38.5. The van der Waals surface area contributed by atoms with Crippen LogP contribution >= 0.6 is 0 Å². The van der Waals surface area contributed by atoms with Crippen molar-refractivity contribution in [3.05, 3.63) is 53.6 Å². The molecule has 10 heteroatoms. The van der Waals surface area contributed by atoms with Crippen LogP contribution in [0.2, 0.25) is 0 Å². The number of aryl methyl sites for hydroxylation is 1. The molecule has 0 fully saturated rings. The average Bonchev–Trinajstić information content (AvgIpc) is 2.87. The van der Waals surface area contributed by atoms with Gasteiger partial charge in [0.15, 0.2) is 11.5 Å². The third kappa shape index (κ3) is 6.29. The number of likely N-dealkylation sites (N-methyl/N-ethyl adjacent to an activating group) is 1. The molecule has 2 amide bonds. The molecule has 0 unspecified atom stereocenters. The third-order valence-electron chi connectivity index (χ3n) is 6.13. The van der Waals surface area contributed by atoms with Gasteiger partial charge in [0.25, 0.3) is 0 Å². The van der Waals surface area contributed by atoms with Crippen LogP contribution in [-0.2, 0) is 26.2 Å². The highest BCUT2D eigenvalue weighted by molar-refractivity contribution is 7.92. The van der Waals surface area contributed by atoms with Crippen molar-refractivity contribution in [2.24, 2.45) is 0 Å². The summed E-state index contributed by atoms with van der Waals surface area (Å²) in [7, 11) is -3.82. The molecule has 2 aromatic carbocycles. The van der Waals surface area contributed by atoms with Crippen LogP contribution in [-0.4, -0.2) is 63.2 Å². The maximum Gasteiger partial charge on any atom is 0.244 e. The number of fused-ring (bicyclic) bond motifs is 1. The standard InChI is InChI=1S/C26H35N3O6S/c1-5-22(26(31)27-6-2)28(17-20-11-9-8-10-19(20)4)25(30)18-29(36(32,33)7-3)21-12-13-23-24(16-21)35-15-14-34-23/h8-13,16,22H,5-7,14-15,17-18H2,1-4H3,(H,27,31)/t22-/m0/s1. The molecule has 1 atom stereocenters. The van der Waals surface area contributed by atoms with Gasteiger partial charge in [-0.2, -0.15) is 0 Å². The lowest BCUT2D eigenvalue weighted by atomic mass is 10.1. The number of carbonyl (C=O) groups is 2. The van der Waals surface area contributed by atoms with E-state index < -0.39 is 28.5 Å². The van der Waals surface area contributed by atoms with Crippen molar-refractivity contribution < 1.29 is 27.5 Å². The van der Waals surface area contributed by atoms with Gasteiger partial charge in [0.05, 0.1) is 11.4 Å². The number of hydrogen-bond acceptors (Lipinski definition) is 6. The molecule has 0 bridgehead atoms. The summed E-state index contributed by atoms with van der Waals surface area (Å²) in [5.41, 5.74) is 2.17. The molecular weight excluding hydrogens is 482 g/mol. The van der Waals surface area contributed by atoms with E-state index in [1.807, 2.05) is 45.0 Å². The molecule has 196 valence electrons. The predicted octanol–water partition coefficient (Wildman–Crippen LogP) is 2.87. The zero-order valence-electron chi connectivity index (χ0n) is 21.3. The van der Waals surface area contributed by atoms with E-state index in [9.17, 15) is 18.0 Å². The molecule has 0 saturated heterocycles. The number of ether oxygens (including phenoxy) is 2. The summed E-state index contributed by atoms with van der Waals surface area (Å²) in [5, 5.41) is 2.80. The highest BCUT2D eigenvalue weighted by Crippen LogP contribution is 2.35. The maximum absolute atomic E-state index is 13.8. The van der Waals surface area contributed by atoms with Gasteiger partial charge >= 0.3 is 0 Å². The summed E-state index contributed by atoms with van der Waals surface area (Å²) in [4.78, 5) is 28.2. The van der Waals surface area contributed by atoms with Crippen molar-refractivity contribution in [3.63, 3.8) is 0 Å². The maximum atomic E-state index is 13.8. The first-order chi connectivity index (χ1) is 17.2. The van der Waals surface area contributed by atoms with E-state index in [4.69, 9.17) is 9.47 Å². The average molecular weight is 518 g/mol. The van der Waals surface area contributed by atoms with Crippen molar-refractivity contribution in [2.45, 2.75) is 46.7 Å². The molecule has 1 heterocycles. The first kappa shape index (κ1) is 27.3. The van der Waals surface area contributed by atoms with E-state index in [1.54, 1.807) is 18.2 Å². The Morgan fingerprint density at radius 1 is 1.03 bits per heavy atom. The van der Waals surface area contributed by atoms with Crippen LogP contribution in [0.15, 0.2) is 42.5 Å². The summed E-state index contributed by atoms with van der Waals surface area (Å²) in [6.45, 7) is 8.04. The lowest BCUT2D eigenvalue weighted by molar-refractivity contribution is -0.140. The van der Waals surface area contributed by atoms with Gasteiger partial charge in [-0.25, -0.2) is 8.42 Å². The molecular formula is C26H35N3O6S. The number of anilines is 1. The van der Waals surface area contributed by atoms with Crippen molar-refractivity contribution in [3.8, 4) is 11.5 Å². The van der Waals surface area contributed by atoms with Gasteiger partial charge in [0.1, 0.15) is 25.8 Å². The first-order valence-corrected chi connectivity index (χ1v) is 13.8. The van der Waals surface area contributed by atoms with Gasteiger partial charge in [-0.15, -0.1) is 0 Å². The van der Waals surface area contributed by atoms with E-state index in [1.165, 1.54) is 11.8 Å². The van der Waals surface area contributed by atoms with Gasteiger partial charge < -0.3 is 19.7 Å². The molecule has 2 aromatic rings.